The van der Waals surface area contributed by atoms with Gasteiger partial charge in [-0.1, -0.05) is 30.3 Å². The number of aromatic nitrogens is 2. The minimum absolute atomic E-state index is 0.158. The molecule has 5 nitrogen and oxygen atoms in total. The molecule has 0 saturated carbocycles. The summed E-state index contributed by atoms with van der Waals surface area (Å²) in [6.07, 6.45) is 9.18. The second kappa shape index (κ2) is 8.48. The molecule has 0 aliphatic carbocycles. The summed E-state index contributed by atoms with van der Waals surface area (Å²) in [5.74, 6) is 1.51. The van der Waals surface area contributed by atoms with Crippen LogP contribution in [0.1, 0.15) is 44.0 Å². The second-order valence-corrected chi connectivity index (χ2v) is 8.36. The molecule has 4 rings (SSSR count). The zero-order valence-electron chi connectivity index (χ0n) is 17.0. The summed E-state index contributed by atoms with van der Waals surface area (Å²) in [5, 5.41) is 0. The molecule has 2 saturated heterocycles. The highest BCUT2D eigenvalue weighted by Crippen LogP contribution is 2.40. The highest BCUT2D eigenvalue weighted by atomic mass is 16.2. The lowest BCUT2D eigenvalue weighted by molar-refractivity contribution is -0.145. The van der Waals surface area contributed by atoms with E-state index in [9.17, 15) is 4.79 Å². The molecule has 1 aromatic carbocycles. The summed E-state index contributed by atoms with van der Waals surface area (Å²) in [5.41, 5.74) is 1.20. The van der Waals surface area contributed by atoms with Crippen molar-refractivity contribution < 1.29 is 4.79 Å². The Hall–Kier alpha value is -2.14. The standard InChI is InChI=1S/C23H32N4O/c1-2-26-17-13-24-21(26)18-25-16-12-23(19-25)11-7-15-27(22(23)28)14-6-10-20-8-4-3-5-9-20/h3-5,8-9,13,17H,2,6-7,10-12,14-16,18-19H2,1H3. The highest BCUT2D eigenvalue weighted by Gasteiger charge is 2.48. The zero-order chi connectivity index (χ0) is 19.4. The van der Waals surface area contributed by atoms with Gasteiger partial charge >= 0.3 is 0 Å². The van der Waals surface area contributed by atoms with E-state index >= 15 is 0 Å². The summed E-state index contributed by atoms with van der Waals surface area (Å²) < 4.78 is 2.20. The van der Waals surface area contributed by atoms with E-state index in [-0.39, 0.29) is 5.41 Å². The van der Waals surface area contributed by atoms with Gasteiger partial charge in [-0.25, -0.2) is 4.98 Å². The van der Waals surface area contributed by atoms with Crippen LogP contribution in [0.2, 0.25) is 0 Å². The van der Waals surface area contributed by atoms with Crippen LogP contribution in [0.3, 0.4) is 0 Å². The van der Waals surface area contributed by atoms with Gasteiger partial charge < -0.3 is 9.47 Å². The van der Waals surface area contributed by atoms with E-state index in [4.69, 9.17) is 0 Å². The minimum atomic E-state index is -0.158. The highest BCUT2D eigenvalue weighted by molar-refractivity contribution is 5.84. The molecule has 1 amide bonds. The van der Waals surface area contributed by atoms with Gasteiger partial charge in [0.2, 0.25) is 5.91 Å². The number of carbonyl (C=O) groups is 1. The average Bonchev–Trinajstić information content (AvgIpc) is 3.34. The monoisotopic (exact) mass is 380 g/mol. The SMILES string of the molecule is CCn1ccnc1CN1CCC2(CCCN(CCCc3ccccc3)C2=O)C1. The number of nitrogens with zero attached hydrogens (tertiary/aromatic N) is 4. The van der Waals surface area contributed by atoms with Gasteiger partial charge in [0, 0.05) is 38.6 Å². The number of carbonyl (C=O) groups excluding carboxylic acids is 1. The third kappa shape index (κ3) is 4.00. The Balaban J connectivity index is 1.33. The molecule has 28 heavy (non-hydrogen) atoms. The maximum atomic E-state index is 13.3. The number of imidazole rings is 1. The first kappa shape index (κ1) is 19.2. The van der Waals surface area contributed by atoms with Gasteiger partial charge in [-0.3, -0.25) is 9.69 Å². The van der Waals surface area contributed by atoms with E-state index < -0.39 is 0 Å². The fraction of sp³-hybridized carbons (Fsp3) is 0.565. The molecule has 1 atom stereocenters. The van der Waals surface area contributed by atoms with Gasteiger partial charge in [0.1, 0.15) is 5.82 Å². The molecule has 1 spiro atoms. The molecule has 2 fully saturated rings. The predicted molar refractivity (Wildman–Crippen MR) is 111 cm³/mol. The largest absolute Gasteiger partial charge is 0.342 e. The minimum Gasteiger partial charge on any atom is -0.342 e. The molecule has 0 bridgehead atoms. The summed E-state index contributed by atoms with van der Waals surface area (Å²) in [7, 11) is 0. The van der Waals surface area contributed by atoms with Crippen molar-refractivity contribution in [2.45, 2.75) is 52.1 Å². The van der Waals surface area contributed by atoms with Crippen molar-refractivity contribution in [3.8, 4) is 0 Å². The van der Waals surface area contributed by atoms with Crippen molar-refractivity contribution in [2.24, 2.45) is 5.41 Å². The first-order valence-electron chi connectivity index (χ1n) is 10.8. The third-order valence-electron chi connectivity index (χ3n) is 6.50. The van der Waals surface area contributed by atoms with Crippen molar-refractivity contribution >= 4 is 5.91 Å². The Morgan fingerprint density at radius 1 is 1.14 bits per heavy atom. The molecule has 150 valence electrons. The van der Waals surface area contributed by atoms with E-state index in [0.29, 0.717) is 5.91 Å². The van der Waals surface area contributed by atoms with E-state index in [0.717, 1.165) is 77.2 Å². The maximum Gasteiger partial charge on any atom is 0.230 e. The summed E-state index contributed by atoms with van der Waals surface area (Å²) in [4.78, 5) is 22.4. The number of aryl methyl sites for hydroxylation is 2. The van der Waals surface area contributed by atoms with Crippen LogP contribution in [0, 0.1) is 5.41 Å². The van der Waals surface area contributed by atoms with E-state index in [1.54, 1.807) is 0 Å². The Morgan fingerprint density at radius 2 is 2.00 bits per heavy atom. The van der Waals surface area contributed by atoms with Crippen molar-refractivity contribution in [2.75, 3.05) is 26.2 Å². The molecule has 0 radical (unpaired) electrons. The number of piperidine rings is 1. The smallest absolute Gasteiger partial charge is 0.230 e. The topological polar surface area (TPSA) is 41.4 Å². The van der Waals surface area contributed by atoms with Crippen LogP contribution < -0.4 is 0 Å². The van der Waals surface area contributed by atoms with E-state index in [1.165, 1.54) is 5.56 Å². The first-order chi connectivity index (χ1) is 13.7. The zero-order valence-corrected chi connectivity index (χ0v) is 17.0. The number of hydrogen-bond acceptors (Lipinski definition) is 3. The Labute approximate surface area is 168 Å². The van der Waals surface area contributed by atoms with Crippen LogP contribution in [-0.2, 0) is 24.3 Å². The van der Waals surface area contributed by atoms with Gasteiger partial charge in [0.25, 0.3) is 0 Å². The fourth-order valence-electron chi connectivity index (χ4n) is 4.94. The lowest BCUT2D eigenvalue weighted by Gasteiger charge is -2.39. The van der Waals surface area contributed by atoms with E-state index in [2.05, 4.69) is 56.6 Å². The maximum absolute atomic E-state index is 13.3. The quantitative estimate of drug-likeness (QED) is 0.740. The molecule has 1 aromatic heterocycles. The normalized spacial score (nSPS) is 23.0. The summed E-state index contributed by atoms with van der Waals surface area (Å²) in [6.45, 7) is 7.64. The summed E-state index contributed by atoms with van der Waals surface area (Å²) >= 11 is 0. The molecule has 1 unspecified atom stereocenters. The lowest BCUT2D eigenvalue weighted by atomic mass is 9.78. The van der Waals surface area contributed by atoms with Crippen molar-refractivity contribution in [3.63, 3.8) is 0 Å². The molecular formula is C23H32N4O. The van der Waals surface area contributed by atoms with Gasteiger partial charge in [-0.15, -0.1) is 0 Å². The summed E-state index contributed by atoms with van der Waals surface area (Å²) in [6, 6.07) is 10.6. The molecule has 2 aliphatic rings. The third-order valence-corrected chi connectivity index (χ3v) is 6.50. The van der Waals surface area contributed by atoms with Gasteiger partial charge in [0.05, 0.1) is 12.0 Å². The number of benzene rings is 1. The lowest BCUT2D eigenvalue weighted by Crippen LogP contribution is -2.50. The Bertz CT molecular complexity index is 787. The van der Waals surface area contributed by atoms with Crippen LogP contribution in [-0.4, -0.2) is 51.4 Å². The molecule has 2 aromatic rings. The molecular weight excluding hydrogens is 348 g/mol. The van der Waals surface area contributed by atoms with Crippen LogP contribution in [0.5, 0.6) is 0 Å². The molecule has 0 N–H and O–H groups in total. The van der Waals surface area contributed by atoms with Crippen LogP contribution in [0.4, 0.5) is 0 Å². The van der Waals surface area contributed by atoms with Crippen molar-refractivity contribution in [1.82, 2.24) is 19.4 Å². The van der Waals surface area contributed by atoms with Crippen LogP contribution in [0.15, 0.2) is 42.7 Å². The fourth-order valence-corrected chi connectivity index (χ4v) is 4.94. The van der Waals surface area contributed by atoms with Gasteiger partial charge in [-0.05, 0) is 51.1 Å². The number of hydrogen-bond donors (Lipinski definition) is 0. The van der Waals surface area contributed by atoms with Crippen LogP contribution in [0.25, 0.3) is 0 Å². The number of amides is 1. The predicted octanol–water partition coefficient (Wildman–Crippen LogP) is 3.35. The van der Waals surface area contributed by atoms with Gasteiger partial charge in [0.15, 0.2) is 0 Å². The first-order valence-corrected chi connectivity index (χ1v) is 10.8. The number of likely N-dealkylation sites (tertiary alicyclic amines) is 2. The van der Waals surface area contributed by atoms with Crippen LogP contribution >= 0.6 is 0 Å². The number of rotatable bonds is 7. The van der Waals surface area contributed by atoms with Crippen molar-refractivity contribution in [1.29, 1.82) is 0 Å². The Morgan fingerprint density at radius 3 is 2.82 bits per heavy atom. The molecule has 5 heteroatoms. The molecule has 2 aliphatic heterocycles. The van der Waals surface area contributed by atoms with E-state index in [1.807, 2.05) is 12.4 Å². The Kier molecular flexibility index (Phi) is 5.81. The van der Waals surface area contributed by atoms with Gasteiger partial charge in [-0.2, -0.15) is 0 Å². The second-order valence-electron chi connectivity index (χ2n) is 8.36. The molecule has 3 heterocycles. The van der Waals surface area contributed by atoms with Crippen molar-refractivity contribution in [3.05, 3.63) is 54.1 Å². The average molecular weight is 381 g/mol.